The Morgan fingerprint density at radius 2 is 1.57 bits per heavy atom. The van der Waals surface area contributed by atoms with Crippen LogP contribution in [-0.4, -0.2) is 70.2 Å². The summed E-state index contributed by atoms with van der Waals surface area (Å²) in [5.41, 5.74) is 7.64. The van der Waals surface area contributed by atoms with Crippen molar-refractivity contribution < 1.29 is 37.9 Å². The third-order valence-corrected chi connectivity index (χ3v) is 8.27. The highest BCUT2D eigenvalue weighted by atomic mass is 19.1. The number of carboxylic acids is 1. The van der Waals surface area contributed by atoms with E-state index in [1.54, 1.807) is 17.2 Å². The molecule has 0 unspecified atom stereocenters. The van der Waals surface area contributed by atoms with E-state index in [9.17, 15) is 28.4 Å². The number of aromatic nitrogens is 1. The number of rotatable bonds is 20. The molecule has 0 radical (unpaired) electrons. The maximum absolute atomic E-state index is 15.0. The highest BCUT2D eigenvalue weighted by Crippen LogP contribution is 2.41. The summed E-state index contributed by atoms with van der Waals surface area (Å²) in [5, 5.41) is 13.8. The maximum Gasteiger partial charge on any atom is 0.303 e. The van der Waals surface area contributed by atoms with Gasteiger partial charge < -0.3 is 30.9 Å². The summed E-state index contributed by atoms with van der Waals surface area (Å²) in [7, 11) is 0. The first-order chi connectivity index (χ1) is 24.2. The molecule has 0 aliphatic rings. The summed E-state index contributed by atoms with van der Waals surface area (Å²) in [6.07, 6.45) is 1.99. The molecule has 0 saturated carbocycles. The molecule has 0 bridgehead atoms. The van der Waals surface area contributed by atoms with Gasteiger partial charge in [-0.05, 0) is 54.6 Å². The van der Waals surface area contributed by atoms with Gasteiger partial charge in [0.1, 0.15) is 11.6 Å². The predicted octanol–water partition coefficient (Wildman–Crippen LogP) is 4.97. The van der Waals surface area contributed by atoms with Gasteiger partial charge in [0, 0.05) is 68.3 Å². The number of carbonyl (C=O) groups is 5. The van der Waals surface area contributed by atoms with Gasteiger partial charge in [0.15, 0.2) is 5.78 Å². The molecule has 2 aromatic carbocycles. The van der Waals surface area contributed by atoms with E-state index >= 15 is 4.39 Å². The lowest BCUT2D eigenvalue weighted by Crippen LogP contribution is -2.43. The van der Waals surface area contributed by atoms with E-state index in [-0.39, 0.29) is 68.4 Å². The monoisotopic (exact) mass is 709 g/mol. The minimum atomic E-state index is -1.10. The smallest absolute Gasteiger partial charge is 0.303 e. The quantitative estimate of drug-likeness (QED) is 0.120. The van der Waals surface area contributed by atoms with Gasteiger partial charge in [0.25, 0.3) is 0 Å². The van der Waals surface area contributed by atoms with Crippen LogP contribution in [0.4, 0.5) is 8.78 Å². The molecule has 0 spiro atoms. The van der Waals surface area contributed by atoms with Crippen molar-refractivity contribution in [2.24, 2.45) is 11.1 Å². The molecule has 0 saturated heterocycles. The molecule has 1 atom stereocenters. The molecule has 0 fully saturated rings. The van der Waals surface area contributed by atoms with Crippen molar-refractivity contribution in [3.63, 3.8) is 0 Å². The van der Waals surface area contributed by atoms with E-state index in [2.05, 4.69) is 10.6 Å². The summed E-state index contributed by atoms with van der Waals surface area (Å²) in [6, 6.07) is 14.3. The third-order valence-electron chi connectivity index (χ3n) is 8.27. The fourth-order valence-electron chi connectivity index (χ4n) is 5.83. The standard InChI is InChI=1S/C38H49F2N5O6/c1-38(2,3)37(32-21-27(30-22-28(39)12-13-31(30)40)25-44(32)24-26-9-5-4-6-10-26)45(20-8-18-41)35(49)16-14-33(47)42-19-7-11-29(46)23-43-34(48)15-17-36(50)51/h4-6,9-10,12-13,21-22,25,37H,7-8,11,14-20,23-24,41H2,1-3H3,(H,42,47)(H,43,48)(H,50,51)/t37-/m0/s1. The minimum absolute atomic E-state index is 0.0882. The van der Waals surface area contributed by atoms with Crippen LogP contribution in [0.2, 0.25) is 0 Å². The molecule has 13 heteroatoms. The number of carboxylic acid groups (broad SMARTS) is 1. The normalized spacial score (nSPS) is 11.9. The average molecular weight is 710 g/mol. The molecular weight excluding hydrogens is 660 g/mol. The van der Waals surface area contributed by atoms with Crippen molar-refractivity contribution in [3.05, 3.63) is 83.7 Å². The van der Waals surface area contributed by atoms with E-state index in [0.29, 0.717) is 38.0 Å². The lowest BCUT2D eigenvalue weighted by atomic mass is 9.82. The second kappa shape index (κ2) is 19.5. The van der Waals surface area contributed by atoms with E-state index in [0.717, 1.165) is 29.5 Å². The number of carbonyl (C=O) groups excluding carboxylic acids is 4. The van der Waals surface area contributed by atoms with Crippen LogP contribution >= 0.6 is 0 Å². The van der Waals surface area contributed by atoms with Crippen molar-refractivity contribution >= 4 is 29.5 Å². The SMILES string of the molecule is CC(C)(C)[C@H](c1cc(-c2cc(F)ccc2F)cn1Cc1ccccc1)N(CCCN)C(=O)CCC(=O)NCCCC(=O)CNC(=O)CCC(=O)O. The van der Waals surface area contributed by atoms with Crippen LogP contribution < -0.4 is 16.4 Å². The van der Waals surface area contributed by atoms with E-state index in [1.165, 1.54) is 0 Å². The van der Waals surface area contributed by atoms with Crippen molar-refractivity contribution in [1.29, 1.82) is 0 Å². The molecule has 1 aromatic heterocycles. The number of hydrogen-bond donors (Lipinski definition) is 4. The molecule has 51 heavy (non-hydrogen) atoms. The number of amides is 3. The first-order valence-corrected chi connectivity index (χ1v) is 17.2. The zero-order valence-electron chi connectivity index (χ0n) is 29.6. The highest BCUT2D eigenvalue weighted by molar-refractivity contribution is 5.87. The van der Waals surface area contributed by atoms with Gasteiger partial charge in [-0.1, -0.05) is 51.1 Å². The molecule has 11 nitrogen and oxygen atoms in total. The number of nitrogens with one attached hydrogen (secondary N) is 2. The number of nitrogens with zero attached hydrogens (tertiary/aromatic N) is 2. The van der Waals surface area contributed by atoms with Crippen LogP contribution in [0.15, 0.2) is 60.8 Å². The van der Waals surface area contributed by atoms with Crippen molar-refractivity contribution in [2.45, 2.75) is 78.3 Å². The van der Waals surface area contributed by atoms with Gasteiger partial charge in [-0.3, -0.25) is 24.0 Å². The van der Waals surface area contributed by atoms with Crippen molar-refractivity contribution in [1.82, 2.24) is 20.1 Å². The molecule has 3 amide bonds. The fourth-order valence-corrected chi connectivity index (χ4v) is 5.83. The Hall–Kier alpha value is -4.91. The summed E-state index contributed by atoms with van der Waals surface area (Å²) in [5.74, 6) is -3.65. The third kappa shape index (κ3) is 13.1. The molecule has 3 aromatic rings. The van der Waals surface area contributed by atoms with Crippen LogP contribution in [0.3, 0.4) is 0 Å². The average Bonchev–Trinajstić information content (AvgIpc) is 3.48. The Morgan fingerprint density at radius 1 is 0.882 bits per heavy atom. The second-order valence-electron chi connectivity index (χ2n) is 13.6. The molecule has 276 valence electrons. The molecule has 1 heterocycles. The van der Waals surface area contributed by atoms with Gasteiger partial charge in [-0.2, -0.15) is 0 Å². The summed E-state index contributed by atoms with van der Waals surface area (Å²) in [6.45, 7) is 7.03. The van der Waals surface area contributed by atoms with E-state index in [1.807, 2.05) is 55.7 Å². The summed E-state index contributed by atoms with van der Waals surface area (Å²) < 4.78 is 31.2. The van der Waals surface area contributed by atoms with Gasteiger partial charge in [-0.15, -0.1) is 0 Å². The topological polar surface area (TPSA) is 164 Å². The Bertz CT molecular complexity index is 1650. The molecule has 5 N–H and O–H groups in total. The number of halogens is 2. The summed E-state index contributed by atoms with van der Waals surface area (Å²) in [4.78, 5) is 62.7. The highest BCUT2D eigenvalue weighted by Gasteiger charge is 2.37. The summed E-state index contributed by atoms with van der Waals surface area (Å²) >= 11 is 0. The van der Waals surface area contributed by atoms with Gasteiger partial charge in [0.2, 0.25) is 17.7 Å². The van der Waals surface area contributed by atoms with Gasteiger partial charge in [-0.25, -0.2) is 8.78 Å². The second-order valence-corrected chi connectivity index (χ2v) is 13.6. The number of nitrogens with two attached hydrogens (primary N) is 1. The lowest BCUT2D eigenvalue weighted by Gasteiger charge is -2.41. The van der Waals surface area contributed by atoms with Crippen molar-refractivity contribution in [3.8, 4) is 11.1 Å². The Labute approximate surface area is 297 Å². The van der Waals surface area contributed by atoms with Crippen LogP contribution in [0, 0.1) is 17.0 Å². The molecule has 0 aliphatic carbocycles. The molecule has 0 aliphatic heterocycles. The first-order valence-electron chi connectivity index (χ1n) is 17.2. The number of aliphatic carboxylic acids is 1. The predicted molar refractivity (Wildman–Crippen MR) is 189 cm³/mol. The Morgan fingerprint density at radius 3 is 2.24 bits per heavy atom. The van der Waals surface area contributed by atoms with Gasteiger partial charge >= 0.3 is 5.97 Å². The first kappa shape index (κ1) is 40.5. The van der Waals surface area contributed by atoms with Crippen molar-refractivity contribution in [2.75, 3.05) is 26.2 Å². The zero-order valence-corrected chi connectivity index (χ0v) is 29.6. The van der Waals surface area contributed by atoms with Crippen LogP contribution in [0.5, 0.6) is 0 Å². The number of Topliss-reactive ketones (excluding diaryl/α,β-unsaturated/α-hetero) is 1. The number of hydrogen-bond acceptors (Lipinski definition) is 6. The van der Waals surface area contributed by atoms with Crippen LogP contribution in [-0.2, 0) is 30.5 Å². The lowest BCUT2D eigenvalue weighted by molar-refractivity contribution is -0.139. The largest absolute Gasteiger partial charge is 0.481 e. The fraction of sp³-hybridized carbons (Fsp3) is 0.447. The minimum Gasteiger partial charge on any atom is -0.481 e. The zero-order chi connectivity index (χ0) is 37.6. The van der Waals surface area contributed by atoms with Crippen LogP contribution in [0.1, 0.15) is 83.0 Å². The maximum atomic E-state index is 15.0. The number of ketones is 1. The van der Waals surface area contributed by atoms with E-state index < -0.39 is 35.0 Å². The van der Waals surface area contributed by atoms with E-state index in [4.69, 9.17) is 10.8 Å². The Balaban J connectivity index is 1.74. The Kier molecular flexibility index (Phi) is 15.5. The molecule has 3 rings (SSSR count). The van der Waals surface area contributed by atoms with Crippen LogP contribution in [0.25, 0.3) is 11.1 Å². The van der Waals surface area contributed by atoms with Gasteiger partial charge in [0.05, 0.1) is 19.0 Å². The number of benzene rings is 2. The molecular formula is C38H49F2N5O6.